The van der Waals surface area contributed by atoms with Crippen LogP contribution in [0.2, 0.25) is 5.02 Å². The molecule has 1 amide bonds. The lowest BCUT2D eigenvalue weighted by Crippen LogP contribution is -2.35. The van der Waals surface area contributed by atoms with Gasteiger partial charge in [0.1, 0.15) is 0 Å². The molecule has 1 aromatic carbocycles. The van der Waals surface area contributed by atoms with Crippen LogP contribution in [0, 0.1) is 0 Å². The second kappa shape index (κ2) is 3.60. The highest BCUT2D eigenvalue weighted by Gasteiger charge is 2.24. The summed E-state index contributed by atoms with van der Waals surface area (Å²) in [7, 11) is 0. The van der Waals surface area contributed by atoms with Gasteiger partial charge < -0.3 is 9.73 Å². The molecule has 0 radical (unpaired) electrons. The number of rotatable bonds is 0. The van der Waals surface area contributed by atoms with Crippen molar-refractivity contribution in [3.63, 3.8) is 0 Å². The maximum atomic E-state index is 12.2. The molecule has 4 nitrogen and oxygen atoms in total. The monoisotopic (exact) mass is 249 g/mol. The van der Waals surface area contributed by atoms with Crippen LogP contribution < -0.4 is 10.7 Å². The molecule has 0 fully saturated rings. The smallest absolute Gasteiger partial charge is 0.287 e. The van der Waals surface area contributed by atoms with E-state index in [1.165, 1.54) is 0 Å². The average Bonchev–Trinajstić information content (AvgIpc) is 2.32. The van der Waals surface area contributed by atoms with E-state index >= 15 is 0 Å². The molecule has 1 aliphatic heterocycles. The van der Waals surface area contributed by atoms with Gasteiger partial charge in [0.05, 0.1) is 16.0 Å². The molecule has 2 heterocycles. The Kier molecular flexibility index (Phi) is 2.19. The summed E-state index contributed by atoms with van der Waals surface area (Å²) in [5.74, 6) is -0.271. The Morgan fingerprint density at radius 2 is 2.12 bits per heavy atom. The van der Waals surface area contributed by atoms with Gasteiger partial charge in [0.25, 0.3) is 5.91 Å². The molecule has 17 heavy (non-hydrogen) atoms. The third kappa shape index (κ3) is 1.45. The normalized spacial score (nSPS) is 14.5. The summed E-state index contributed by atoms with van der Waals surface area (Å²) in [6.45, 7) is 0.461. The van der Waals surface area contributed by atoms with Crippen molar-refractivity contribution in [3.05, 3.63) is 44.8 Å². The Labute approximate surface area is 101 Å². The zero-order valence-corrected chi connectivity index (χ0v) is 9.50. The lowest BCUT2D eigenvalue weighted by atomic mass is 10.0. The van der Waals surface area contributed by atoms with Gasteiger partial charge in [-0.3, -0.25) is 9.59 Å². The van der Waals surface area contributed by atoms with Gasteiger partial charge in [0, 0.05) is 6.54 Å². The number of halogens is 1. The van der Waals surface area contributed by atoms with E-state index in [0.717, 1.165) is 0 Å². The molecule has 0 atom stereocenters. The number of carbonyl (C=O) groups excluding carboxylic acids is 1. The van der Waals surface area contributed by atoms with Gasteiger partial charge in [-0.15, -0.1) is 0 Å². The maximum absolute atomic E-state index is 12.2. The summed E-state index contributed by atoms with van der Waals surface area (Å²) in [6.07, 6.45) is 0.492. The molecule has 1 aliphatic rings. The van der Waals surface area contributed by atoms with E-state index in [4.69, 9.17) is 16.0 Å². The molecule has 86 valence electrons. The van der Waals surface area contributed by atoms with Crippen molar-refractivity contribution >= 4 is 28.5 Å². The molecule has 0 bridgehead atoms. The van der Waals surface area contributed by atoms with Crippen molar-refractivity contribution in [3.8, 4) is 0 Å². The van der Waals surface area contributed by atoms with Crippen LogP contribution in [0.5, 0.6) is 0 Å². The van der Waals surface area contributed by atoms with E-state index in [-0.39, 0.29) is 22.7 Å². The third-order valence-electron chi connectivity index (χ3n) is 2.83. The number of carbonyl (C=O) groups is 1. The molecule has 0 unspecified atom stereocenters. The third-order valence-corrected chi connectivity index (χ3v) is 3.13. The number of nitrogens with one attached hydrogen (secondary N) is 1. The highest BCUT2D eigenvalue weighted by molar-refractivity contribution is 6.34. The van der Waals surface area contributed by atoms with Crippen molar-refractivity contribution < 1.29 is 9.21 Å². The maximum Gasteiger partial charge on any atom is 0.287 e. The van der Waals surface area contributed by atoms with Crippen LogP contribution in [0.4, 0.5) is 0 Å². The molecule has 1 N–H and O–H groups in total. The molecular formula is C12H8ClNO3. The van der Waals surface area contributed by atoms with E-state index in [2.05, 4.69) is 5.32 Å². The minimum absolute atomic E-state index is 0.0850. The number of para-hydroxylation sites is 1. The van der Waals surface area contributed by atoms with Gasteiger partial charge in [0.15, 0.2) is 16.8 Å². The van der Waals surface area contributed by atoms with Crippen LogP contribution in [-0.2, 0) is 6.42 Å². The Bertz CT molecular complexity index is 690. The van der Waals surface area contributed by atoms with Gasteiger partial charge in [-0.1, -0.05) is 17.7 Å². The second-order valence-corrected chi connectivity index (χ2v) is 4.27. The minimum atomic E-state index is -0.356. The van der Waals surface area contributed by atoms with E-state index < -0.39 is 0 Å². The Hall–Kier alpha value is -1.81. The fourth-order valence-electron chi connectivity index (χ4n) is 2.01. The Morgan fingerprint density at radius 1 is 1.29 bits per heavy atom. The molecular weight excluding hydrogens is 242 g/mol. The number of fused-ring (bicyclic) bond motifs is 2. The van der Waals surface area contributed by atoms with Crippen molar-refractivity contribution in [2.24, 2.45) is 0 Å². The highest BCUT2D eigenvalue weighted by Crippen LogP contribution is 2.24. The fourth-order valence-corrected chi connectivity index (χ4v) is 2.23. The number of benzene rings is 1. The molecule has 0 saturated heterocycles. The summed E-state index contributed by atoms with van der Waals surface area (Å²) in [6, 6.07) is 4.97. The molecule has 5 heteroatoms. The Balaban J connectivity index is 2.48. The summed E-state index contributed by atoms with van der Waals surface area (Å²) in [5, 5.41) is 3.39. The van der Waals surface area contributed by atoms with E-state index in [0.29, 0.717) is 28.9 Å². The average molecular weight is 250 g/mol. The first-order valence-electron chi connectivity index (χ1n) is 5.21. The summed E-state index contributed by atoms with van der Waals surface area (Å²) in [5.41, 5.74) is 0.539. The number of amides is 1. The van der Waals surface area contributed by atoms with Crippen LogP contribution in [0.25, 0.3) is 11.0 Å². The summed E-state index contributed by atoms with van der Waals surface area (Å²) >= 11 is 5.95. The molecule has 0 aliphatic carbocycles. The first-order chi connectivity index (χ1) is 8.18. The predicted molar refractivity (Wildman–Crippen MR) is 63.5 cm³/mol. The molecule has 3 rings (SSSR count). The highest BCUT2D eigenvalue weighted by atomic mass is 35.5. The van der Waals surface area contributed by atoms with Crippen molar-refractivity contribution in [1.82, 2.24) is 5.32 Å². The van der Waals surface area contributed by atoms with E-state index in [1.54, 1.807) is 18.2 Å². The molecule has 0 spiro atoms. The zero-order valence-electron chi connectivity index (χ0n) is 8.75. The minimum Gasteiger partial charge on any atom is -0.449 e. The van der Waals surface area contributed by atoms with Gasteiger partial charge >= 0.3 is 0 Å². The Morgan fingerprint density at radius 3 is 2.94 bits per heavy atom. The van der Waals surface area contributed by atoms with Crippen LogP contribution in [0.1, 0.15) is 16.1 Å². The first-order valence-corrected chi connectivity index (χ1v) is 5.58. The standard InChI is InChI=1S/C12H8ClNO3/c13-8-3-1-2-6-9(15)7-4-5-14-12(16)11(7)17-10(6)8/h1-3H,4-5H2,(H,14,16). The predicted octanol–water partition coefficient (Wildman–Crippen LogP) is 1.73. The SMILES string of the molecule is O=C1NCCc2c1oc1c(Cl)cccc1c2=O. The molecule has 1 aromatic heterocycles. The van der Waals surface area contributed by atoms with Crippen molar-refractivity contribution in [2.45, 2.75) is 6.42 Å². The first kappa shape index (κ1) is 10.4. The van der Waals surface area contributed by atoms with Crippen LogP contribution in [0.3, 0.4) is 0 Å². The topological polar surface area (TPSA) is 59.3 Å². The summed E-state index contributed by atoms with van der Waals surface area (Å²) in [4.78, 5) is 23.8. The number of hydrogen-bond acceptors (Lipinski definition) is 3. The van der Waals surface area contributed by atoms with Crippen molar-refractivity contribution in [2.75, 3.05) is 6.54 Å². The van der Waals surface area contributed by atoms with Gasteiger partial charge in [-0.05, 0) is 18.6 Å². The van der Waals surface area contributed by atoms with E-state index in [1.807, 2.05) is 0 Å². The van der Waals surface area contributed by atoms with Crippen LogP contribution >= 0.6 is 11.6 Å². The fraction of sp³-hybridized carbons (Fsp3) is 0.167. The lowest BCUT2D eigenvalue weighted by Gasteiger charge is -2.15. The molecule has 0 saturated carbocycles. The van der Waals surface area contributed by atoms with E-state index in [9.17, 15) is 9.59 Å². The van der Waals surface area contributed by atoms with Gasteiger partial charge in [-0.2, -0.15) is 0 Å². The molecule has 2 aromatic rings. The number of hydrogen-bond donors (Lipinski definition) is 1. The quantitative estimate of drug-likeness (QED) is 0.774. The second-order valence-electron chi connectivity index (χ2n) is 3.86. The van der Waals surface area contributed by atoms with Crippen LogP contribution in [0.15, 0.2) is 27.4 Å². The summed E-state index contributed by atoms with van der Waals surface area (Å²) < 4.78 is 5.46. The largest absolute Gasteiger partial charge is 0.449 e. The lowest BCUT2D eigenvalue weighted by molar-refractivity contribution is 0.0916. The zero-order chi connectivity index (χ0) is 12.0. The van der Waals surface area contributed by atoms with Gasteiger partial charge in [0.2, 0.25) is 0 Å². The van der Waals surface area contributed by atoms with Crippen LogP contribution in [-0.4, -0.2) is 12.5 Å². The van der Waals surface area contributed by atoms with Gasteiger partial charge in [-0.25, -0.2) is 0 Å². The van der Waals surface area contributed by atoms with Crippen molar-refractivity contribution in [1.29, 1.82) is 0 Å².